The number of aliphatic hydroxyl groups excluding tert-OH is 1. The van der Waals surface area contributed by atoms with Crippen molar-refractivity contribution >= 4 is 40.6 Å². The molecule has 7 heteroatoms. The van der Waals surface area contributed by atoms with Crippen LogP contribution >= 0.6 is 23.1 Å². The van der Waals surface area contributed by atoms with Gasteiger partial charge in [0, 0.05) is 11.4 Å². The minimum atomic E-state index is -0.712. The van der Waals surface area contributed by atoms with Crippen LogP contribution < -0.4 is 10.6 Å². The van der Waals surface area contributed by atoms with Gasteiger partial charge in [-0.25, -0.2) is 0 Å². The number of carbonyl (C=O) groups excluding carboxylic acids is 2. The highest BCUT2D eigenvalue weighted by Gasteiger charge is 2.15. The summed E-state index contributed by atoms with van der Waals surface area (Å²) in [6.45, 7) is 0.230. The van der Waals surface area contributed by atoms with E-state index in [2.05, 4.69) is 10.6 Å². The predicted octanol–water partition coefficient (Wildman–Crippen LogP) is 2.65. The Hall–Kier alpha value is -1.83. The Morgan fingerprint density at radius 2 is 2.04 bits per heavy atom. The van der Waals surface area contributed by atoms with E-state index in [9.17, 15) is 14.7 Å². The first-order chi connectivity index (χ1) is 11.1. The smallest absolute Gasteiger partial charge is 0.313 e. The lowest BCUT2D eigenvalue weighted by Gasteiger charge is -2.11. The molecule has 0 saturated carbocycles. The van der Waals surface area contributed by atoms with Crippen molar-refractivity contribution in [1.29, 1.82) is 0 Å². The van der Waals surface area contributed by atoms with E-state index in [1.165, 1.54) is 23.1 Å². The third-order valence-electron chi connectivity index (χ3n) is 3.19. The van der Waals surface area contributed by atoms with Crippen molar-refractivity contribution < 1.29 is 14.7 Å². The SMILES string of the molecule is CSc1ccccc1NC(=O)C(=O)NCC[C@@H](O)c1ccsc1. The van der Waals surface area contributed by atoms with E-state index >= 15 is 0 Å². The Kier molecular flexibility index (Phi) is 6.64. The number of amides is 2. The number of benzene rings is 1. The van der Waals surface area contributed by atoms with Gasteiger partial charge in [0.25, 0.3) is 0 Å². The zero-order valence-electron chi connectivity index (χ0n) is 12.6. The molecule has 0 spiro atoms. The van der Waals surface area contributed by atoms with Crippen LogP contribution in [0, 0.1) is 0 Å². The maximum atomic E-state index is 11.9. The van der Waals surface area contributed by atoms with Crippen molar-refractivity contribution in [1.82, 2.24) is 5.32 Å². The molecule has 0 unspecified atom stereocenters. The average molecular weight is 350 g/mol. The molecular formula is C16H18N2O3S2. The predicted molar refractivity (Wildman–Crippen MR) is 93.8 cm³/mol. The molecule has 5 nitrogen and oxygen atoms in total. The first-order valence-corrected chi connectivity index (χ1v) is 9.21. The van der Waals surface area contributed by atoms with Gasteiger partial charge in [0.05, 0.1) is 11.8 Å². The number of thioether (sulfide) groups is 1. The van der Waals surface area contributed by atoms with Crippen molar-refractivity contribution in [2.24, 2.45) is 0 Å². The van der Waals surface area contributed by atoms with Gasteiger partial charge in [-0.05, 0) is 47.2 Å². The van der Waals surface area contributed by atoms with Crippen molar-refractivity contribution in [3.63, 3.8) is 0 Å². The summed E-state index contributed by atoms with van der Waals surface area (Å²) < 4.78 is 0. The maximum Gasteiger partial charge on any atom is 0.313 e. The Labute approximate surface area is 143 Å². The number of aliphatic hydroxyl groups is 1. The lowest BCUT2D eigenvalue weighted by atomic mass is 10.1. The van der Waals surface area contributed by atoms with E-state index in [1.54, 1.807) is 12.1 Å². The summed E-state index contributed by atoms with van der Waals surface area (Å²) in [6, 6.07) is 9.12. The Balaban J connectivity index is 1.80. The fraction of sp³-hybridized carbons (Fsp3) is 0.250. The fourth-order valence-electron chi connectivity index (χ4n) is 1.96. The van der Waals surface area contributed by atoms with E-state index in [0.29, 0.717) is 12.1 Å². The second-order valence-corrected chi connectivity index (χ2v) is 6.40. The van der Waals surface area contributed by atoms with Crippen molar-refractivity contribution in [3.05, 3.63) is 46.7 Å². The van der Waals surface area contributed by atoms with Crippen molar-refractivity contribution in [2.45, 2.75) is 17.4 Å². The molecule has 23 heavy (non-hydrogen) atoms. The summed E-state index contributed by atoms with van der Waals surface area (Å²) in [4.78, 5) is 24.6. The average Bonchev–Trinajstić information content (AvgIpc) is 3.09. The van der Waals surface area contributed by atoms with Gasteiger partial charge in [-0.15, -0.1) is 11.8 Å². The number of carbonyl (C=O) groups is 2. The van der Waals surface area contributed by atoms with Crippen LogP contribution in [0.5, 0.6) is 0 Å². The molecule has 1 aromatic heterocycles. The molecule has 1 aromatic carbocycles. The molecule has 0 saturated heterocycles. The minimum absolute atomic E-state index is 0.230. The zero-order chi connectivity index (χ0) is 16.7. The van der Waals surface area contributed by atoms with E-state index in [4.69, 9.17) is 0 Å². The highest BCUT2D eigenvalue weighted by molar-refractivity contribution is 7.98. The van der Waals surface area contributed by atoms with Crippen molar-refractivity contribution in [3.8, 4) is 0 Å². The monoisotopic (exact) mass is 350 g/mol. The number of hydrogen-bond acceptors (Lipinski definition) is 5. The fourth-order valence-corrected chi connectivity index (χ4v) is 3.22. The molecule has 2 rings (SSSR count). The summed E-state index contributed by atoms with van der Waals surface area (Å²) >= 11 is 2.99. The van der Waals surface area contributed by atoms with Crippen LogP contribution in [0.25, 0.3) is 0 Å². The number of thiophene rings is 1. The number of rotatable bonds is 6. The summed E-state index contributed by atoms with van der Waals surface area (Å²) in [5.74, 6) is -1.42. The van der Waals surface area contributed by atoms with Gasteiger partial charge in [-0.3, -0.25) is 9.59 Å². The number of para-hydroxylation sites is 1. The molecule has 1 heterocycles. The lowest BCUT2D eigenvalue weighted by Crippen LogP contribution is -2.36. The van der Waals surface area contributed by atoms with Gasteiger partial charge in [-0.1, -0.05) is 12.1 Å². The second kappa shape index (κ2) is 8.71. The third kappa shape index (κ3) is 5.09. The first kappa shape index (κ1) is 17.5. The van der Waals surface area contributed by atoms with Crippen LogP contribution in [-0.2, 0) is 9.59 Å². The second-order valence-electron chi connectivity index (χ2n) is 4.77. The Bertz CT molecular complexity index is 659. The maximum absolute atomic E-state index is 11.9. The summed E-state index contributed by atoms with van der Waals surface area (Å²) in [5.41, 5.74) is 1.43. The number of anilines is 1. The van der Waals surface area contributed by atoms with Gasteiger partial charge in [0.1, 0.15) is 0 Å². The molecule has 1 atom stereocenters. The van der Waals surface area contributed by atoms with Gasteiger partial charge < -0.3 is 15.7 Å². The van der Waals surface area contributed by atoms with Gasteiger partial charge in [0.2, 0.25) is 0 Å². The van der Waals surface area contributed by atoms with Crippen LogP contribution in [0.15, 0.2) is 46.0 Å². The molecule has 0 bridgehead atoms. The highest BCUT2D eigenvalue weighted by atomic mass is 32.2. The van der Waals surface area contributed by atoms with Gasteiger partial charge >= 0.3 is 11.8 Å². The van der Waals surface area contributed by atoms with Crippen LogP contribution in [0.3, 0.4) is 0 Å². The topological polar surface area (TPSA) is 78.4 Å². The van der Waals surface area contributed by atoms with Crippen LogP contribution in [0.2, 0.25) is 0 Å². The molecule has 0 aliphatic heterocycles. The highest BCUT2D eigenvalue weighted by Crippen LogP contribution is 2.24. The Morgan fingerprint density at radius 3 is 2.74 bits per heavy atom. The van der Waals surface area contributed by atoms with Gasteiger partial charge in [-0.2, -0.15) is 11.3 Å². The van der Waals surface area contributed by atoms with E-state index < -0.39 is 17.9 Å². The van der Waals surface area contributed by atoms with E-state index in [1.807, 2.05) is 35.2 Å². The number of hydrogen-bond donors (Lipinski definition) is 3. The largest absolute Gasteiger partial charge is 0.388 e. The molecule has 0 fully saturated rings. The van der Waals surface area contributed by atoms with Crippen LogP contribution in [0.1, 0.15) is 18.1 Å². The summed E-state index contributed by atoms with van der Waals surface area (Å²) in [6.07, 6.45) is 1.62. The molecule has 3 N–H and O–H groups in total. The normalized spacial score (nSPS) is 11.7. The standard InChI is InChI=1S/C16H18N2O3S2/c1-22-14-5-3-2-4-12(14)18-16(21)15(20)17-8-6-13(19)11-7-9-23-10-11/h2-5,7,9-10,13,19H,6,8H2,1H3,(H,17,20)(H,18,21)/t13-/m1/s1. The molecule has 0 radical (unpaired) electrons. The molecule has 2 amide bonds. The molecular weight excluding hydrogens is 332 g/mol. The first-order valence-electron chi connectivity index (χ1n) is 7.04. The van der Waals surface area contributed by atoms with Gasteiger partial charge in [0.15, 0.2) is 0 Å². The molecule has 2 aromatic rings. The minimum Gasteiger partial charge on any atom is -0.388 e. The van der Waals surface area contributed by atoms with Crippen LogP contribution in [0.4, 0.5) is 5.69 Å². The lowest BCUT2D eigenvalue weighted by molar-refractivity contribution is -0.136. The molecule has 0 aliphatic carbocycles. The Morgan fingerprint density at radius 1 is 1.26 bits per heavy atom. The third-order valence-corrected chi connectivity index (χ3v) is 4.69. The van der Waals surface area contributed by atoms with E-state index in [-0.39, 0.29) is 6.54 Å². The quantitative estimate of drug-likeness (QED) is 0.553. The van der Waals surface area contributed by atoms with E-state index in [0.717, 1.165) is 10.5 Å². The zero-order valence-corrected chi connectivity index (χ0v) is 14.2. The number of nitrogens with one attached hydrogen (secondary N) is 2. The van der Waals surface area contributed by atoms with Crippen molar-refractivity contribution in [2.75, 3.05) is 18.1 Å². The summed E-state index contributed by atoms with van der Waals surface area (Å²) in [7, 11) is 0. The van der Waals surface area contributed by atoms with Crippen LogP contribution in [-0.4, -0.2) is 29.7 Å². The summed E-state index contributed by atoms with van der Waals surface area (Å²) in [5, 5.41) is 18.8. The molecule has 122 valence electrons. The molecule has 0 aliphatic rings.